The van der Waals surface area contributed by atoms with Crippen molar-refractivity contribution < 1.29 is 14.3 Å². The minimum Gasteiger partial charge on any atom is -0.444 e. The first-order valence-electron chi connectivity index (χ1n) is 10.8. The molecule has 10 heteroatoms. The average Bonchev–Trinajstić information content (AvgIpc) is 2.75. The highest BCUT2D eigenvalue weighted by Gasteiger charge is 2.32. The summed E-state index contributed by atoms with van der Waals surface area (Å²) >= 11 is 8.64. The van der Waals surface area contributed by atoms with Crippen LogP contribution in [0.4, 0.5) is 10.5 Å². The largest absolute Gasteiger partial charge is 0.444 e. The number of nitrogens with one attached hydrogen (secondary N) is 1. The Hall–Kier alpha value is -2.42. The van der Waals surface area contributed by atoms with Crippen LogP contribution in [0, 0.1) is 18.3 Å². The highest BCUT2D eigenvalue weighted by molar-refractivity contribution is 14.1. The van der Waals surface area contributed by atoms with Gasteiger partial charge in [-0.3, -0.25) is 14.6 Å². The smallest absolute Gasteiger partial charge is 0.411 e. The molecule has 3 rings (SSSR count). The number of nitriles is 1. The van der Waals surface area contributed by atoms with Crippen LogP contribution in [0.15, 0.2) is 30.5 Å². The molecule has 1 aromatic heterocycles. The quantitative estimate of drug-likeness (QED) is 0.304. The number of piperazine rings is 1. The highest BCUT2D eigenvalue weighted by atomic mass is 127. The second-order valence-electron chi connectivity index (χ2n) is 9.08. The third-order valence-corrected chi connectivity index (χ3v) is 6.58. The molecular weight excluding hydrogens is 569 g/mol. The minimum absolute atomic E-state index is 0.0270. The SMILES string of the molecule is Cc1c(CN2CCN(C(=O)OC(C)(C)C)[C@@H](I)C2)cc(Cl)cc1NC(=O)c1ccnc(C#N)c1. The zero-order valence-corrected chi connectivity index (χ0v) is 22.5. The van der Waals surface area contributed by atoms with Gasteiger partial charge in [0.2, 0.25) is 0 Å². The molecule has 34 heavy (non-hydrogen) atoms. The zero-order valence-electron chi connectivity index (χ0n) is 19.6. The van der Waals surface area contributed by atoms with E-state index in [0.29, 0.717) is 42.5 Å². The lowest BCUT2D eigenvalue weighted by atomic mass is 10.0. The summed E-state index contributed by atoms with van der Waals surface area (Å²) in [6.07, 6.45) is 1.13. The van der Waals surface area contributed by atoms with Crippen molar-refractivity contribution in [1.29, 1.82) is 5.26 Å². The van der Waals surface area contributed by atoms with E-state index in [9.17, 15) is 9.59 Å². The maximum Gasteiger partial charge on any atom is 0.411 e. The van der Waals surface area contributed by atoms with Gasteiger partial charge in [0.15, 0.2) is 0 Å². The van der Waals surface area contributed by atoms with E-state index in [1.807, 2.05) is 39.8 Å². The van der Waals surface area contributed by atoms with E-state index in [0.717, 1.165) is 11.1 Å². The minimum atomic E-state index is -0.532. The molecule has 0 spiro atoms. The van der Waals surface area contributed by atoms with E-state index in [1.54, 1.807) is 17.0 Å². The highest BCUT2D eigenvalue weighted by Crippen LogP contribution is 2.28. The fourth-order valence-corrected chi connectivity index (χ4v) is 4.86. The van der Waals surface area contributed by atoms with E-state index >= 15 is 0 Å². The number of hydrogen-bond acceptors (Lipinski definition) is 6. The Morgan fingerprint density at radius 2 is 2.06 bits per heavy atom. The number of halogens is 2. The van der Waals surface area contributed by atoms with Crippen molar-refractivity contribution in [3.63, 3.8) is 0 Å². The predicted molar refractivity (Wildman–Crippen MR) is 139 cm³/mol. The van der Waals surface area contributed by atoms with Gasteiger partial charge in [-0.15, -0.1) is 0 Å². The van der Waals surface area contributed by atoms with Gasteiger partial charge in [-0.2, -0.15) is 5.26 Å². The molecule has 1 saturated heterocycles. The van der Waals surface area contributed by atoms with Crippen molar-refractivity contribution in [1.82, 2.24) is 14.8 Å². The van der Waals surface area contributed by atoms with Gasteiger partial charge >= 0.3 is 6.09 Å². The van der Waals surface area contributed by atoms with Gasteiger partial charge in [-0.05, 0) is 63.1 Å². The fourth-order valence-electron chi connectivity index (χ4n) is 3.56. The fraction of sp³-hybridized carbons (Fsp3) is 0.417. The average molecular weight is 596 g/mol. The predicted octanol–water partition coefficient (Wildman–Crippen LogP) is 4.98. The van der Waals surface area contributed by atoms with Gasteiger partial charge in [0.25, 0.3) is 5.91 Å². The van der Waals surface area contributed by atoms with E-state index in [1.165, 1.54) is 12.3 Å². The summed E-state index contributed by atoms with van der Waals surface area (Å²) in [5, 5.41) is 12.4. The van der Waals surface area contributed by atoms with E-state index in [4.69, 9.17) is 21.6 Å². The summed E-state index contributed by atoms with van der Waals surface area (Å²) in [6.45, 7) is 10.1. The molecule has 2 aromatic rings. The van der Waals surface area contributed by atoms with Gasteiger partial charge in [0, 0.05) is 48.6 Å². The molecule has 180 valence electrons. The molecule has 1 aromatic carbocycles. The Kier molecular flexibility index (Phi) is 8.38. The zero-order chi connectivity index (χ0) is 25.0. The van der Waals surface area contributed by atoms with Crippen LogP contribution >= 0.6 is 34.2 Å². The number of hydrogen-bond donors (Lipinski definition) is 1. The maximum atomic E-state index is 12.7. The first-order valence-corrected chi connectivity index (χ1v) is 12.4. The van der Waals surface area contributed by atoms with Gasteiger partial charge in [0.05, 0.1) is 4.05 Å². The third kappa shape index (κ3) is 6.81. The number of pyridine rings is 1. The van der Waals surface area contributed by atoms with Crippen molar-refractivity contribution in [2.45, 2.75) is 43.9 Å². The lowest BCUT2D eigenvalue weighted by molar-refractivity contribution is 0.0116. The second kappa shape index (κ2) is 10.9. The van der Waals surface area contributed by atoms with Crippen LogP contribution in [0.3, 0.4) is 0 Å². The third-order valence-electron chi connectivity index (χ3n) is 5.29. The number of rotatable bonds is 4. The molecule has 1 fully saturated rings. The van der Waals surface area contributed by atoms with Crippen LogP contribution < -0.4 is 5.32 Å². The van der Waals surface area contributed by atoms with Crippen LogP contribution in [0.5, 0.6) is 0 Å². The molecule has 8 nitrogen and oxygen atoms in total. The van der Waals surface area contributed by atoms with Crippen LogP contribution in [-0.2, 0) is 11.3 Å². The number of aromatic nitrogens is 1. The summed E-state index contributed by atoms with van der Waals surface area (Å²) in [4.78, 5) is 33.1. The number of nitrogens with zero attached hydrogens (tertiary/aromatic N) is 4. The summed E-state index contributed by atoms with van der Waals surface area (Å²) in [6, 6.07) is 8.55. The second-order valence-corrected chi connectivity index (χ2v) is 11.0. The Morgan fingerprint density at radius 1 is 1.32 bits per heavy atom. The lowest BCUT2D eigenvalue weighted by Crippen LogP contribution is -2.53. The number of ether oxygens (including phenoxy) is 1. The molecule has 0 saturated carbocycles. The van der Waals surface area contributed by atoms with Crippen LogP contribution in [0.1, 0.15) is 48.0 Å². The number of carbonyl (C=O) groups is 2. The number of alkyl halides is 1. The first-order chi connectivity index (χ1) is 16.0. The van der Waals surface area contributed by atoms with E-state index < -0.39 is 5.60 Å². The number of anilines is 1. The topological polar surface area (TPSA) is 98.6 Å². The molecule has 0 bridgehead atoms. The molecule has 2 amide bonds. The van der Waals surface area contributed by atoms with Crippen molar-refractivity contribution in [2.75, 3.05) is 25.0 Å². The van der Waals surface area contributed by atoms with Gasteiger partial charge in [0.1, 0.15) is 17.4 Å². The van der Waals surface area contributed by atoms with Crippen molar-refractivity contribution in [3.05, 3.63) is 57.9 Å². The Labute approximate surface area is 218 Å². The molecule has 0 radical (unpaired) electrons. The van der Waals surface area contributed by atoms with Crippen LogP contribution in [0.2, 0.25) is 5.02 Å². The monoisotopic (exact) mass is 595 g/mol. The van der Waals surface area contributed by atoms with Crippen LogP contribution in [-0.4, -0.2) is 56.1 Å². The molecule has 2 heterocycles. The summed E-state index contributed by atoms with van der Waals surface area (Å²) in [7, 11) is 0. The molecule has 1 aliphatic heterocycles. The van der Waals surface area contributed by atoms with Gasteiger partial charge in [-0.1, -0.05) is 34.2 Å². The standard InChI is InChI=1S/C24H27ClIN5O3/c1-15-17(13-30-7-8-31(21(26)14-30)23(33)34-24(2,3)4)9-18(25)11-20(15)29-22(32)16-5-6-28-19(10-16)12-27/h5-6,9-11,21H,7-8,13-14H2,1-4H3,(H,29,32)/t21-/m1/s1. The van der Waals surface area contributed by atoms with Crippen molar-refractivity contribution in [2.24, 2.45) is 0 Å². The maximum absolute atomic E-state index is 12.7. The van der Waals surface area contributed by atoms with Gasteiger partial charge < -0.3 is 10.1 Å². The first kappa shape index (κ1) is 26.2. The van der Waals surface area contributed by atoms with Gasteiger partial charge in [-0.25, -0.2) is 9.78 Å². The van der Waals surface area contributed by atoms with Crippen molar-refractivity contribution >= 4 is 51.9 Å². The van der Waals surface area contributed by atoms with E-state index in [-0.39, 0.29) is 21.7 Å². The molecule has 1 N–H and O–H groups in total. The van der Waals surface area contributed by atoms with E-state index in [2.05, 4.69) is 37.8 Å². The summed E-state index contributed by atoms with van der Waals surface area (Å²) < 4.78 is 5.50. The number of carbonyl (C=O) groups excluding carboxylic acids is 2. The Balaban J connectivity index is 1.70. The molecular formula is C24H27ClIN5O3. The normalized spacial score (nSPS) is 16.6. The summed E-state index contributed by atoms with van der Waals surface area (Å²) in [5.41, 5.74) is 2.50. The number of amides is 2. The van der Waals surface area contributed by atoms with Crippen molar-refractivity contribution in [3.8, 4) is 6.07 Å². The molecule has 1 atom stereocenters. The molecule has 0 unspecified atom stereocenters. The number of benzene rings is 1. The molecule has 0 aliphatic carbocycles. The summed E-state index contributed by atoms with van der Waals surface area (Å²) in [5.74, 6) is -0.339. The Bertz CT molecular complexity index is 1130. The molecule has 1 aliphatic rings. The lowest BCUT2D eigenvalue weighted by Gasteiger charge is -2.39. The Morgan fingerprint density at radius 3 is 2.71 bits per heavy atom. The van der Waals surface area contributed by atoms with Crippen LogP contribution in [0.25, 0.3) is 0 Å².